The van der Waals surface area contributed by atoms with Crippen LogP contribution in [0.2, 0.25) is 0 Å². The summed E-state index contributed by atoms with van der Waals surface area (Å²) in [7, 11) is 0. The molecule has 20 heavy (non-hydrogen) atoms. The quantitative estimate of drug-likeness (QED) is 0.751. The van der Waals surface area contributed by atoms with Crippen molar-refractivity contribution in [3.05, 3.63) is 0 Å². The summed E-state index contributed by atoms with van der Waals surface area (Å²) in [6.45, 7) is 13.2. The van der Waals surface area contributed by atoms with Gasteiger partial charge < -0.3 is 10.4 Å². The van der Waals surface area contributed by atoms with Gasteiger partial charge in [0.15, 0.2) is 0 Å². The van der Waals surface area contributed by atoms with E-state index in [2.05, 4.69) is 33.0 Å². The molecule has 0 amide bonds. The van der Waals surface area contributed by atoms with Gasteiger partial charge in [0, 0.05) is 12.1 Å². The van der Waals surface area contributed by atoms with Crippen LogP contribution in [0, 0.1) is 11.3 Å². The van der Waals surface area contributed by atoms with Crippen LogP contribution in [0.5, 0.6) is 0 Å². The summed E-state index contributed by atoms with van der Waals surface area (Å²) in [4.78, 5) is 0. The molecule has 1 fully saturated rings. The van der Waals surface area contributed by atoms with Crippen molar-refractivity contribution in [1.82, 2.24) is 5.32 Å². The second-order valence-corrected chi connectivity index (χ2v) is 8.69. The van der Waals surface area contributed by atoms with Gasteiger partial charge in [-0.1, -0.05) is 20.8 Å². The van der Waals surface area contributed by atoms with Gasteiger partial charge in [-0.3, -0.25) is 0 Å². The van der Waals surface area contributed by atoms with E-state index in [4.69, 9.17) is 0 Å². The first-order chi connectivity index (χ1) is 9.08. The fourth-order valence-corrected chi connectivity index (χ4v) is 3.45. The monoisotopic (exact) mass is 283 g/mol. The molecule has 2 nitrogen and oxygen atoms in total. The Hall–Kier alpha value is -0.0800. The van der Waals surface area contributed by atoms with Gasteiger partial charge in [-0.15, -0.1) is 0 Å². The van der Waals surface area contributed by atoms with Crippen LogP contribution in [-0.4, -0.2) is 22.8 Å². The van der Waals surface area contributed by atoms with Gasteiger partial charge in [-0.05, 0) is 77.0 Å². The molecular weight excluding hydrogens is 246 g/mol. The molecule has 1 aliphatic rings. The van der Waals surface area contributed by atoms with Crippen LogP contribution in [0.15, 0.2) is 0 Å². The molecule has 2 N–H and O–H groups in total. The van der Waals surface area contributed by atoms with Gasteiger partial charge in [-0.2, -0.15) is 0 Å². The van der Waals surface area contributed by atoms with Gasteiger partial charge in [0.25, 0.3) is 0 Å². The highest BCUT2D eigenvalue weighted by Crippen LogP contribution is 2.37. The molecule has 0 saturated heterocycles. The van der Waals surface area contributed by atoms with Gasteiger partial charge in [0.1, 0.15) is 0 Å². The standard InChI is InChI=1S/C18H37NO/c1-14(8-7-13-18(5,6)20)19-16-11-9-15(10-12-16)17(2,3)4/h14-16,19-20H,7-13H2,1-6H3/t14-,15?,16?/m0/s1. The van der Waals surface area contributed by atoms with E-state index < -0.39 is 5.60 Å². The Morgan fingerprint density at radius 1 is 1.05 bits per heavy atom. The lowest BCUT2D eigenvalue weighted by Gasteiger charge is -2.38. The minimum atomic E-state index is -0.509. The molecule has 0 bridgehead atoms. The fourth-order valence-electron chi connectivity index (χ4n) is 3.45. The zero-order chi connectivity index (χ0) is 15.4. The topological polar surface area (TPSA) is 32.3 Å². The summed E-state index contributed by atoms with van der Waals surface area (Å²) in [6, 6.07) is 1.29. The maximum atomic E-state index is 9.74. The zero-order valence-electron chi connectivity index (χ0n) is 14.6. The molecule has 1 saturated carbocycles. The van der Waals surface area contributed by atoms with Crippen LogP contribution in [-0.2, 0) is 0 Å². The SMILES string of the molecule is C[C@@H](CCCC(C)(C)O)NC1CCC(C(C)(C)C)CC1. The number of aliphatic hydroxyl groups is 1. The molecule has 0 aromatic rings. The normalized spacial score (nSPS) is 26.6. The first-order valence-corrected chi connectivity index (χ1v) is 8.56. The van der Waals surface area contributed by atoms with Crippen molar-refractivity contribution in [3.8, 4) is 0 Å². The maximum absolute atomic E-state index is 9.74. The highest BCUT2D eigenvalue weighted by molar-refractivity contribution is 4.84. The third kappa shape index (κ3) is 7.08. The molecule has 0 radical (unpaired) electrons. The molecule has 1 atom stereocenters. The molecule has 0 unspecified atom stereocenters. The number of rotatable bonds is 6. The minimum Gasteiger partial charge on any atom is -0.390 e. The van der Waals surface area contributed by atoms with Crippen LogP contribution in [0.4, 0.5) is 0 Å². The predicted molar refractivity (Wildman–Crippen MR) is 87.9 cm³/mol. The summed E-state index contributed by atoms with van der Waals surface area (Å²) in [5, 5.41) is 13.5. The summed E-state index contributed by atoms with van der Waals surface area (Å²) in [5.41, 5.74) is -0.0339. The van der Waals surface area contributed by atoms with E-state index in [-0.39, 0.29) is 0 Å². The molecule has 0 aromatic carbocycles. The van der Waals surface area contributed by atoms with E-state index in [1.54, 1.807) is 0 Å². The number of hydrogen-bond donors (Lipinski definition) is 2. The molecule has 0 heterocycles. The Morgan fingerprint density at radius 3 is 2.05 bits per heavy atom. The molecule has 2 heteroatoms. The summed E-state index contributed by atoms with van der Waals surface area (Å²) < 4.78 is 0. The van der Waals surface area contributed by atoms with Crippen LogP contribution in [0.1, 0.15) is 86.5 Å². The lowest BCUT2D eigenvalue weighted by molar-refractivity contribution is 0.0672. The molecule has 0 aliphatic heterocycles. The summed E-state index contributed by atoms with van der Waals surface area (Å²) in [5.74, 6) is 0.894. The van der Waals surface area contributed by atoms with E-state index >= 15 is 0 Å². The van der Waals surface area contributed by atoms with Crippen molar-refractivity contribution >= 4 is 0 Å². The van der Waals surface area contributed by atoms with Crippen molar-refractivity contribution in [2.75, 3.05) is 0 Å². The van der Waals surface area contributed by atoms with Crippen LogP contribution < -0.4 is 5.32 Å². The summed E-state index contributed by atoms with van der Waals surface area (Å²) in [6.07, 6.45) is 8.58. The summed E-state index contributed by atoms with van der Waals surface area (Å²) >= 11 is 0. The molecule has 0 spiro atoms. The molecular formula is C18H37NO. The molecule has 0 aromatic heterocycles. The van der Waals surface area contributed by atoms with Gasteiger partial charge in [0.2, 0.25) is 0 Å². The smallest absolute Gasteiger partial charge is 0.0591 e. The maximum Gasteiger partial charge on any atom is 0.0591 e. The van der Waals surface area contributed by atoms with Crippen LogP contribution in [0.3, 0.4) is 0 Å². The predicted octanol–water partition coefficient (Wildman–Crippen LogP) is 4.51. The van der Waals surface area contributed by atoms with Crippen molar-refractivity contribution < 1.29 is 5.11 Å². The Balaban J connectivity index is 2.20. The van der Waals surface area contributed by atoms with Crippen molar-refractivity contribution in [2.45, 2.75) is 104 Å². The molecule has 1 rings (SSSR count). The van der Waals surface area contributed by atoms with Gasteiger partial charge in [0.05, 0.1) is 5.60 Å². The van der Waals surface area contributed by atoms with Crippen molar-refractivity contribution in [3.63, 3.8) is 0 Å². The highest BCUT2D eigenvalue weighted by atomic mass is 16.3. The number of nitrogens with one attached hydrogen (secondary N) is 1. The Kier molecular flexibility index (Phi) is 6.53. The van der Waals surface area contributed by atoms with E-state index in [9.17, 15) is 5.11 Å². The van der Waals surface area contributed by atoms with Crippen LogP contribution >= 0.6 is 0 Å². The first-order valence-electron chi connectivity index (χ1n) is 8.56. The third-order valence-corrected chi connectivity index (χ3v) is 4.90. The third-order valence-electron chi connectivity index (χ3n) is 4.90. The van der Waals surface area contributed by atoms with Gasteiger partial charge >= 0.3 is 0 Å². The second kappa shape index (κ2) is 7.26. The molecule has 1 aliphatic carbocycles. The Bertz CT molecular complexity index is 266. The van der Waals surface area contributed by atoms with E-state index in [0.717, 1.165) is 18.8 Å². The van der Waals surface area contributed by atoms with Crippen LogP contribution in [0.25, 0.3) is 0 Å². The molecule has 120 valence electrons. The Morgan fingerprint density at radius 2 is 1.60 bits per heavy atom. The lowest BCUT2D eigenvalue weighted by atomic mass is 9.71. The average Bonchev–Trinajstić information content (AvgIpc) is 2.26. The highest BCUT2D eigenvalue weighted by Gasteiger charge is 2.29. The van der Waals surface area contributed by atoms with Gasteiger partial charge in [-0.25, -0.2) is 0 Å². The first kappa shape index (κ1) is 18.0. The lowest BCUT2D eigenvalue weighted by Crippen LogP contribution is -2.40. The van der Waals surface area contributed by atoms with E-state index in [0.29, 0.717) is 17.5 Å². The second-order valence-electron chi connectivity index (χ2n) is 8.69. The number of hydrogen-bond acceptors (Lipinski definition) is 2. The average molecular weight is 284 g/mol. The van der Waals surface area contributed by atoms with Crippen molar-refractivity contribution in [2.24, 2.45) is 11.3 Å². The van der Waals surface area contributed by atoms with Crippen molar-refractivity contribution in [1.29, 1.82) is 0 Å². The van der Waals surface area contributed by atoms with E-state index in [1.807, 2.05) is 13.8 Å². The Labute approximate surface area is 126 Å². The minimum absolute atomic E-state index is 0.475. The zero-order valence-corrected chi connectivity index (χ0v) is 14.6. The fraction of sp³-hybridized carbons (Fsp3) is 1.00. The van der Waals surface area contributed by atoms with E-state index in [1.165, 1.54) is 32.1 Å². The largest absolute Gasteiger partial charge is 0.390 e.